The number of anilines is 2. The van der Waals surface area contributed by atoms with Crippen LogP contribution in [0.2, 0.25) is 0 Å². The number of hydrogen-bond acceptors (Lipinski definition) is 3. The van der Waals surface area contributed by atoms with Crippen molar-refractivity contribution in [3.05, 3.63) is 54.1 Å². The Bertz CT molecular complexity index is 756. The van der Waals surface area contributed by atoms with Crippen molar-refractivity contribution < 1.29 is 14.3 Å². The van der Waals surface area contributed by atoms with Crippen molar-refractivity contribution in [3.63, 3.8) is 0 Å². The van der Waals surface area contributed by atoms with Crippen LogP contribution in [0, 0.1) is 6.92 Å². The molecule has 2 aromatic rings. The van der Waals surface area contributed by atoms with Crippen LogP contribution in [0.1, 0.15) is 45.1 Å². The molecule has 0 aliphatic rings. The highest BCUT2D eigenvalue weighted by atomic mass is 16.5. The summed E-state index contributed by atoms with van der Waals surface area (Å²) in [6.45, 7) is 5.80. The number of unbranched alkanes of at least 4 members (excludes halogenated alkanes) is 2. The highest BCUT2D eigenvalue weighted by Gasteiger charge is 2.15. The molecular weight excluding hydrogens is 340 g/mol. The van der Waals surface area contributed by atoms with Gasteiger partial charge in [-0.25, -0.2) is 0 Å². The first-order chi connectivity index (χ1) is 13.0. The molecule has 0 fully saturated rings. The van der Waals surface area contributed by atoms with E-state index in [1.807, 2.05) is 31.2 Å². The Labute approximate surface area is 161 Å². The van der Waals surface area contributed by atoms with E-state index < -0.39 is 6.10 Å². The number of hydrogen-bond donors (Lipinski definition) is 2. The lowest BCUT2D eigenvalue weighted by molar-refractivity contribution is -0.122. The molecule has 0 aromatic heterocycles. The molecule has 0 radical (unpaired) electrons. The molecule has 5 heteroatoms. The first-order valence-electron chi connectivity index (χ1n) is 9.42. The second kappa shape index (κ2) is 10.4. The summed E-state index contributed by atoms with van der Waals surface area (Å²) in [7, 11) is 0. The Morgan fingerprint density at radius 2 is 1.67 bits per heavy atom. The number of carbonyl (C=O) groups excluding carboxylic acids is 2. The molecule has 0 spiro atoms. The van der Waals surface area contributed by atoms with Gasteiger partial charge in [-0.2, -0.15) is 0 Å². The minimum Gasteiger partial charge on any atom is -0.481 e. The molecule has 0 saturated carbocycles. The Morgan fingerprint density at radius 1 is 1.00 bits per heavy atom. The van der Waals surface area contributed by atoms with E-state index in [0.29, 0.717) is 23.5 Å². The van der Waals surface area contributed by atoms with Gasteiger partial charge in [0.25, 0.3) is 5.91 Å². The van der Waals surface area contributed by atoms with Gasteiger partial charge in [-0.15, -0.1) is 0 Å². The van der Waals surface area contributed by atoms with E-state index in [-0.39, 0.29) is 11.8 Å². The Morgan fingerprint density at radius 3 is 2.33 bits per heavy atom. The molecule has 144 valence electrons. The van der Waals surface area contributed by atoms with E-state index in [1.54, 1.807) is 31.2 Å². The summed E-state index contributed by atoms with van der Waals surface area (Å²) in [6.07, 6.45) is 2.87. The molecule has 2 rings (SSSR count). The average molecular weight is 368 g/mol. The quantitative estimate of drug-likeness (QED) is 0.617. The number of aryl methyl sites for hydroxylation is 1. The third-order valence-electron chi connectivity index (χ3n) is 4.12. The highest BCUT2D eigenvalue weighted by Crippen LogP contribution is 2.18. The topological polar surface area (TPSA) is 67.4 Å². The first kappa shape index (κ1) is 20.5. The van der Waals surface area contributed by atoms with Crippen LogP contribution >= 0.6 is 0 Å². The van der Waals surface area contributed by atoms with Crippen LogP contribution in [0.15, 0.2) is 48.5 Å². The van der Waals surface area contributed by atoms with Crippen LogP contribution in [0.4, 0.5) is 11.4 Å². The van der Waals surface area contributed by atoms with Crippen LogP contribution in [0.25, 0.3) is 0 Å². The standard InChI is InChI=1S/C22H28N2O3/c1-4-5-6-10-21(25)23-18-8-7-9-19(15-18)24-22(26)17(3)27-20-13-11-16(2)12-14-20/h7-9,11-15,17H,4-6,10H2,1-3H3,(H,23,25)(H,24,26). The minimum absolute atomic E-state index is 0.0111. The van der Waals surface area contributed by atoms with Gasteiger partial charge in [0, 0.05) is 17.8 Å². The van der Waals surface area contributed by atoms with Gasteiger partial charge in [-0.1, -0.05) is 43.5 Å². The summed E-state index contributed by atoms with van der Waals surface area (Å²) < 4.78 is 5.67. The Kier molecular flexibility index (Phi) is 7.86. The van der Waals surface area contributed by atoms with Crippen LogP contribution in [0.3, 0.4) is 0 Å². The van der Waals surface area contributed by atoms with Gasteiger partial charge in [0.05, 0.1) is 0 Å². The van der Waals surface area contributed by atoms with Gasteiger partial charge in [-0.3, -0.25) is 9.59 Å². The first-order valence-corrected chi connectivity index (χ1v) is 9.42. The molecule has 2 amide bonds. The Hall–Kier alpha value is -2.82. The van der Waals surface area contributed by atoms with Crippen molar-refractivity contribution in [3.8, 4) is 5.75 Å². The van der Waals surface area contributed by atoms with Crippen molar-refractivity contribution >= 4 is 23.2 Å². The lowest BCUT2D eigenvalue weighted by Gasteiger charge is -2.15. The normalized spacial score (nSPS) is 11.5. The molecule has 5 nitrogen and oxygen atoms in total. The summed E-state index contributed by atoms with van der Waals surface area (Å²) in [5, 5.41) is 5.69. The molecule has 0 saturated heterocycles. The van der Waals surface area contributed by atoms with Gasteiger partial charge in [0.2, 0.25) is 5.91 Å². The summed E-state index contributed by atoms with van der Waals surface area (Å²) in [5.41, 5.74) is 2.42. The van der Waals surface area contributed by atoms with Crippen LogP contribution < -0.4 is 15.4 Å². The lowest BCUT2D eigenvalue weighted by atomic mass is 10.2. The van der Waals surface area contributed by atoms with Crippen LogP contribution in [0.5, 0.6) is 5.75 Å². The van der Waals surface area contributed by atoms with Gasteiger partial charge in [-0.05, 0) is 50.6 Å². The summed E-state index contributed by atoms with van der Waals surface area (Å²) in [5.74, 6) is 0.390. The lowest BCUT2D eigenvalue weighted by Crippen LogP contribution is -2.30. The number of carbonyl (C=O) groups is 2. The van der Waals surface area contributed by atoms with Crippen molar-refractivity contribution in [1.82, 2.24) is 0 Å². The van der Waals surface area contributed by atoms with Crippen LogP contribution in [-0.4, -0.2) is 17.9 Å². The predicted octanol–water partition coefficient (Wildman–Crippen LogP) is 4.92. The van der Waals surface area contributed by atoms with E-state index >= 15 is 0 Å². The molecule has 2 N–H and O–H groups in total. The van der Waals surface area contributed by atoms with Crippen molar-refractivity contribution in [2.75, 3.05) is 10.6 Å². The molecule has 0 heterocycles. The van der Waals surface area contributed by atoms with Gasteiger partial charge in [0.15, 0.2) is 6.10 Å². The second-order valence-electron chi connectivity index (χ2n) is 6.65. The number of nitrogens with one attached hydrogen (secondary N) is 2. The largest absolute Gasteiger partial charge is 0.481 e. The SMILES string of the molecule is CCCCCC(=O)Nc1cccc(NC(=O)C(C)Oc2ccc(C)cc2)c1. The number of ether oxygens (including phenoxy) is 1. The van der Waals surface area contributed by atoms with E-state index in [2.05, 4.69) is 17.6 Å². The third-order valence-corrected chi connectivity index (χ3v) is 4.12. The second-order valence-corrected chi connectivity index (χ2v) is 6.65. The molecule has 1 unspecified atom stereocenters. The zero-order valence-corrected chi connectivity index (χ0v) is 16.2. The zero-order chi connectivity index (χ0) is 19.6. The van der Waals surface area contributed by atoms with Gasteiger partial charge in [0.1, 0.15) is 5.75 Å². The van der Waals surface area contributed by atoms with Crippen LogP contribution in [-0.2, 0) is 9.59 Å². The summed E-state index contributed by atoms with van der Waals surface area (Å²) >= 11 is 0. The molecule has 0 aliphatic heterocycles. The maximum atomic E-state index is 12.4. The third kappa shape index (κ3) is 7.13. The van der Waals surface area contributed by atoms with Crippen molar-refractivity contribution in [1.29, 1.82) is 0 Å². The number of amides is 2. The fourth-order valence-electron chi connectivity index (χ4n) is 2.55. The zero-order valence-electron chi connectivity index (χ0n) is 16.2. The van der Waals surface area contributed by atoms with E-state index in [1.165, 1.54) is 0 Å². The smallest absolute Gasteiger partial charge is 0.265 e. The fourth-order valence-corrected chi connectivity index (χ4v) is 2.55. The van der Waals surface area contributed by atoms with Gasteiger partial charge < -0.3 is 15.4 Å². The summed E-state index contributed by atoms with van der Waals surface area (Å²) in [6, 6.07) is 14.7. The molecule has 1 atom stereocenters. The molecule has 0 aliphatic carbocycles. The minimum atomic E-state index is -0.639. The van der Waals surface area contributed by atoms with E-state index in [9.17, 15) is 9.59 Å². The average Bonchev–Trinajstić information content (AvgIpc) is 2.64. The number of benzene rings is 2. The van der Waals surface area contributed by atoms with Crippen molar-refractivity contribution in [2.24, 2.45) is 0 Å². The highest BCUT2D eigenvalue weighted by molar-refractivity contribution is 5.96. The predicted molar refractivity (Wildman–Crippen MR) is 109 cm³/mol. The monoisotopic (exact) mass is 368 g/mol. The van der Waals surface area contributed by atoms with Crippen molar-refractivity contribution in [2.45, 2.75) is 52.6 Å². The molecule has 2 aromatic carbocycles. The maximum Gasteiger partial charge on any atom is 0.265 e. The van der Waals surface area contributed by atoms with Gasteiger partial charge >= 0.3 is 0 Å². The molecule has 0 bridgehead atoms. The number of rotatable bonds is 9. The molecular formula is C22H28N2O3. The fraction of sp³-hybridized carbons (Fsp3) is 0.364. The maximum absolute atomic E-state index is 12.4. The Balaban J connectivity index is 1.89. The van der Waals surface area contributed by atoms with E-state index in [0.717, 1.165) is 24.8 Å². The van der Waals surface area contributed by atoms with E-state index in [4.69, 9.17) is 4.74 Å². The summed E-state index contributed by atoms with van der Waals surface area (Å²) in [4.78, 5) is 24.3. The molecule has 27 heavy (non-hydrogen) atoms.